The fraction of sp³-hybridized carbons (Fsp3) is 0.421. The smallest absolute Gasteiger partial charge is 0.255 e. The van der Waals surface area contributed by atoms with Crippen molar-refractivity contribution < 1.29 is 14.3 Å². The zero-order valence-corrected chi connectivity index (χ0v) is 14.3. The van der Waals surface area contributed by atoms with E-state index in [-0.39, 0.29) is 11.5 Å². The molecular weight excluding hydrogens is 318 g/mol. The van der Waals surface area contributed by atoms with Gasteiger partial charge < -0.3 is 14.4 Å². The zero-order chi connectivity index (χ0) is 17.3. The molecule has 1 aromatic carbocycles. The summed E-state index contributed by atoms with van der Waals surface area (Å²) < 4.78 is 11.6. The van der Waals surface area contributed by atoms with E-state index in [2.05, 4.69) is 22.3 Å². The van der Waals surface area contributed by atoms with Crippen molar-refractivity contribution >= 4 is 5.91 Å². The van der Waals surface area contributed by atoms with E-state index in [1.807, 2.05) is 11.0 Å². The van der Waals surface area contributed by atoms with Crippen LogP contribution in [-0.2, 0) is 16.8 Å². The number of rotatable bonds is 2. The second kappa shape index (κ2) is 6.44. The largest absolute Gasteiger partial charge is 0.497 e. The average molecular weight is 339 g/mol. The standard InChI is InChI=1S/C19H21N3O3/c1-24-16-2-3-17-14(12-16)5-11-25-19(17)6-9-22(10-7-19)18(23)15-4-8-20-21-13-15/h2-4,8,12-13H,5-7,9-11H2,1H3. The molecule has 3 heterocycles. The molecule has 2 aliphatic rings. The summed E-state index contributed by atoms with van der Waals surface area (Å²) >= 11 is 0. The van der Waals surface area contributed by atoms with Crippen molar-refractivity contribution in [2.75, 3.05) is 26.8 Å². The molecule has 4 rings (SSSR count). The molecule has 1 aromatic heterocycles. The molecule has 0 aliphatic carbocycles. The Kier molecular flexibility index (Phi) is 4.13. The van der Waals surface area contributed by atoms with Crippen molar-refractivity contribution in [2.45, 2.75) is 24.9 Å². The predicted molar refractivity (Wildman–Crippen MR) is 91.5 cm³/mol. The lowest BCUT2D eigenvalue weighted by molar-refractivity contribution is -0.0935. The van der Waals surface area contributed by atoms with Crippen LogP contribution in [0.15, 0.2) is 36.7 Å². The Bertz CT molecular complexity index is 771. The first-order valence-electron chi connectivity index (χ1n) is 8.59. The molecule has 2 aliphatic heterocycles. The minimum absolute atomic E-state index is 0.00974. The first-order chi connectivity index (χ1) is 12.2. The van der Waals surface area contributed by atoms with Crippen molar-refractivity contribution in [3.8, 4) is 5.75 Å². The minimum atomic E-state index is -0.285. The molecule has 130 valence electrons. The van der Waals surface area contributed by atoms with Gasteiger partial charge in [0.25, 0.3) is 5.91 Å². The molecule has 0 radical (unpaired) electrons. The molecule has 0 atom stereocenters. The number of piperidine rings is 1. The van der Waals surface area contributed by atoms with Gasteiger partial charge in [-0.3, -0.25) is 4.79 Å². The maximum absolute atomic E-state index is 12.6. The Morgan fingerprint density at radius 2 is 2.08 bits per heavy atom. The van der Waals surface area contributed by atoms with E-state index in [1.165, 1.54) is 17.3 Å². The number of likely N-dealkylation sites (tertiary alicyclic amines) is 1. The highest BCUT2D eigenvalue weighted by Gasteiger charge is 2.41. The predicted octanol–water partition coefficient (Wildman–Crippen LogP) is 2.19. The number of nitrogens with zero attached hydrogens (tertiary/aromatic N) is 3. The molecule has 1 spiro atoms. The molecule has 0 bridgehead atoms. The first kappa shape index (κ1) is 16.0. The fourth-order valence-electron chi connectivity index (χ4n) is 3.87. The van der Waals surface area contributed by atoms with Gasteiger partial charge >= 0.3 is 0 Å². The fourth-order valence-corrected chi connectivity index (χ4v) is 3.87. The molecular formula is C19H21N3O3. The van der Waals surface area contributed by atoms with E-state index in [0.717, 1.165) is 25.0 Å². The normalized spacial score (nSPS) is 18.7. The highest BCUT2D eigenvalue weighted by atomic mass is 16.5. The van der Waals surface area contributed by atoms with Gasteiger partial charge in [0.05, 0.1) is 37.3 Å². The van der Waals surface area contributed by atoms with Crippen LogP contribution in [0, 0.1) is 0 Å². The van der Waals surface area contributed by atoms with E-state index in [0.29, 0.717) is 25.3 Å². The number of ether oxygens (including phenoxy) is 2. The lowest BCUT2D eigenvalue weighted by Crippen LogP contribution is -2.48. The highest BCUT2D eigenvalue weighted by molar-refractivity contribution is 5.93. The number of hydrogen-bond donors (Lipinski definition) is 0. The first-order valence-corrected chi connectivity index (χ1v) is 8.59. The monoisotopic (exact) mass is 339 g/mol. The number of hydrogen-bond acceptors (Lipinski definition) is 5. The van der Waals surface area contributed by atoms with E-state index in [9.17, 15) is 4.79 Å². The Hall–Kier alpha value is -2.47. The van der Waals surface area contributed by atoms with E-state index < -0.39 is 0 Å². The van der Waals surface area contributed by atoms with Gasteiger partial charge in [0, 0.05) is 13.1 Å². The number of methoxy groups -OCH3 is 1. The maximum atomic E-state index is 12.6. The van der Waals surface area contributed by atoms with Crippen molar-refractivity contribution in [1.29, 1.82) is 0 Å². The molecule has 6 nitrogen and oxygen atoms in total. The Labute approximate surface area is 146 Å². The van der Waals surface area contributed by atoms with Gasteiger partial charge in [-0.2, -0.15) is 10.2 Å². The number of benzene rings is 1. The minimum Gasteiger partial charge on any atom is -0.497 e. The second-order valence-electron chi connectivity index (χ2n) is 6.54. The average Bonchev–Trinajstić information content (AvgIpc) is 2.68. The summed E-state index contributed by atoms with van der Waals surface area (Å²) in [5, 5.41) is 7.53. The zero-order valence-electron chi connectivity index (χ0n) is 14.3. The van der Waals surface area contributed by atoms with Gasteiger partial charge in [-0.25, -0.2) is 0 Å². The third-order valence-electron chi connectivity index (χ3n) is 5.24. The topological polar surface area (TPSA) is 64.6 Å². The Morgan fingerprint density at radius 3 is 2.80 bits per heavy atom. The number of amides is 1. The van der Waals surface area contributed by atoms with Crippen LogP contribution in [0.5, 0.6) is 5.75 Å². The highest BCUT2D eigenvalue weighted by Crippen LogP contribution is 2.42. The van der Waals surface area contributed by atoms with E-state index >= 15 is 0 Å². The summed E-state index contributed by atoms with van der Waals surface area (Å²) in [6.45, 7) is 2.06. The van der Waals surface area contributed by atoms with Crippen molar-refractivity contribution in [3.05, 3.63) is 53.3 Å². The quantitative estimate of drug-likeness (QED) is 0.839. The Balaban J connectivity index is 1.53. The van der Waals surface area contributed by atoms with E-state index in [1.54, 1.807) is 19.4 Å². The lowest BCUT2D eigenvalue weighted by Gasteiger charge is -2.45. The molecule has 6 heteroatoms. The SMILES string of the molecule is COc1ccc2c(c1)CCOC21CCN(C(=O)c2ccnnc2)CC1. The lowest BCUT2D eigenvalue weighted by atomic mass is 9.79. The number of aromatic nitrogens is 2. The van der Waals surface area contributed by atoms with Gasteiger partial charge in [-0.1, -0.05) is 6.07 Å². The summed E-state index contributed by atoms with van der Waals surface area (Å²) in [6.07, 6.45) is 5.57. The molecule has 1 fully saturated rings. The van der Waals surface area contributed by atoms with Gasteiger partial charge in [-0.05, 0) is 48.6 Å². The molecule has 25 heavy (non-hydrogen) atoms. The number of fused-ring (bicyclic) bond motifs is 2. The van der Waals surface area contributed by atoms with Crippen LogP contribution in [0.4, 0.5) is 0 Å². The summed E-state index contributed by atoms with van der Waals surface area (Å²) in [6, 6.07) is 7.94. The summed E-state index contributed by atoms with van der Waals surface area (Å²) in [5.74, 6) is 0.893. The summed E-state index contributed by atoms with van der Waals surface area (Å²) in [4.78, 5) is 14.5. The van der Waals surface area contributed by atoms with Crippen LogP contribution in [0.25, 0.3) is 0 Å². The van der Waals surface area contributed by atoms with Gasteiger partial charge in [0.15, 0.2) is 0 Å². The van der Waals surface area contributed by atoms with Crippen LogP contribution >= 0.6 is 0 Å². The van der Waals surface area contributed by atoms with E-state index in [4.69, 9.17) is 9.47 Å². The second-order valence-corrected chi connectivity index (χ2v) is 6.54. The molecule has 1 saturated heterocycles. The van der Waals surface area contributed by atoms with Crippen molar-refractivity contribution in [1.82, 2.24) is 15.1 Å². The molecule has 2 aromatic rings. The van der Waals surface area contributed by atoms with Crippen LogP contribution in [0.3, 0.4) is 0 Å². The van der Waals surface area contributed by atoms with Crippen molar-refractivity contribution in [3.63, 3.8) is 0 Å². The third kappa shape index (κ3) is 2.87. The maximum Gasteiger partial charge on any atom is 0.255 e. The van der Waals surface area contributed by atoms with Crippen molar-refractivity contribution in [2.24, 2.45) is 0 Å². The Morgan fingerprint density at radius 1 is 1.24 bits per heavy atom. The number of carbonyl (C=O) groups excluding carboxylic acids is 1. The number of carbonyl (C=O) groups is 1. The van der Waals surface area contributed by atoms with Gasteiger partial charge in [-0.15, -0.1) is 0 Å². The summed E-state index contributed by atoms with van der Waals surface area (Å²) in [7, 11) is 1.69. The van der Waals surface area contributed by atoms with Gasteiger partial charge in [0.2, 0.25) is 0 Å². The third-order valence-corrected chi connectivity index (χ3v) is 5.24. The molecule has 0 unspecified atom stereocenters. The van der Waals surface area contributed by atoms with Crippen LogP contribution in [0.1, 0.15) is 34.3 Å². The molecule has 0 saturated carbocycles. The molecule has 0 N–H and O–H groups in total. The van der Waals surface area contributed by atoms with Crippen LogP contribution in [-0.4, -0.2) is 47.8 Å². The summed E-state index contributed by atoms with van der Waals surface area (Å²) in [5.41, 5.74) is 2.84. The van der Waals surface area contributed by atoms with Crippen LogP contribution in [0.2, 0.25) is 0 Å². The molecule has 1 amide bonds. The van der Waals surface area contributed by atoms with Gasteiger partial charge in [0.1, 0.15) is 5.75 Å². The van der Waals surface area contributed by atoms with Crippen LogP contribution < -0.4 is 4.74 Å².